The van der Waals surface area contributed by atoms with E-state index in [1.165, 1.54) is 0 Å². The Morgan fingerprint density at radius 3 is 2.73 bits per heavy atom. The molecule has 1 amide bonds. The highest BCUT2D eigenvalue weighted by atomic mass is 16.3. The Morgan fingerprint density at radius 2 is 1.91 bits per heavy atom. The van der Waals surface area contributed by atoms with Crippen LogP contribution in [-0.2, 0) is 16.0 Å². The second kappa shape index (κ2) is 8.98. The number of fused-ring (bicyclic) bond motifs is 1. The number of benzene rings is 2. The van der Waals surface area contributed by atoms with Gasteiger partial charge in [-0.15, -0.1) is 0 Å². The molecule has 1 aromatic heterocycles. The number of ketones is 1. The van der Waals surface area contributed by atoms with Gasteiger partial charge in [0.15, 0.2) is 5.78 Å². The summed E-state index contributed by atoms with van der Waals surface area (Å²) in [6.07, 6.45) is 4.54. The van der Waals surface area contributed by atoms with Crippen molar-refractivity contribution >= 4 is 28.8 Å². The first-order valence-corrected chi connectivity index (χ1v) is 11.5. The Balaban J connectivity index is 1.57. The molecule has 0 bridgehead atoms. The molecule has 2 heterocycles. The molecule has 2 aliphatic rings. The Bertz CT molecular complexity index is 1210. The number of allylic oxidation sites excluding steroid dienone is 1. The van der Waals surface area contributed by atoms with Gasteiger partial charge in [-0.05, 0) is 55.2 Å². The van der Waals surface area contributed by atoms with Crippen LogP contribution in [0, 0.1) is 0 Å². The summed E-state index contributed by atoms with van der Waals surface area (Å²) in [5.41, 5.74) is 5.25. The van der Waals surface area contributed by atoms with Gasteiger partial charge in [-0.1, -0.05) is 37.3 Å². The number of furan rings is 1. The highest BCUT2D eigenvalue weighted by molar-refractivity contribution is 6.02. The van der Waals surface area contributed by atoms with Crippen molar-refractivity contribution in [1.29, 1.82) is 0 Å². The number of hydrogen-bond donors (Lipinski definition) is 2. The average molecular weight is 442 g/mol. The van der Waals surface area contributed by atoms with Crippen LogP contribution < -0.4 is 15.5 Å². The molecule has 2 N–H and O–H groups in total. The lowest BCUT2D eigenvalue weighted by Crippen LogP contribution is -2.38. The molecule has 5 rings (SSSR count). The zero-order valence-corrected chi connectivity index (χ0v) is 18.6. The van der Waals surface area contributed by atoms with Gasteiger partial charge >= 0.3 is 0 Å². The minimum Gasteiger partial charge on any atom is -0.467 e. The lowest BCUT2D eigenvalue weighted by atomic mass is 9.88. The summed E-state index contributed by atoms with van der Waals surface area (Å²) >= 11 is 0. The molecule has 6 heteroatoms. The molecule has 0 saturated heterocycles. The van der Waals surface area contributed by atoms with Crippen molar-refractivity contribution in [3.63, 3.8) is 0 Å². The summed E-state index contributed by atoms with van der Waals surface area (Å²) in [5.74, 6) is 0.604. The molecular formula is C27H27N3O3. The summed E-state index contributed by atoms with van der Waals surface area (Å²) in [4.78, 5) is 28.5. The number of amides is 1. The van der Waals surface area contributed by atoms with E-state index in [1.54, 1.807) is 6.26 Å². The summed E-state index contributed by atoms with van der Waals surface area (Å²) in [7, 11) is 0. The van der Waals surface area contributed by atoms with Gasteiger partial charge in [-0.3, -0.25) is 9.59 Å². The molecular weight excluding hydrogens is 414 g/mol. The second-order valence-corrected chi connectivity index (χ2v) is 8.42. The van der Waals surface area contributed by atoms with Crippen LogP contribution in [0.2, 0.25) is 0 Å². The fourth-order valence-electron chi connectivity index (χ4n) is 4.81. The fraction of sp³-hybridized carbons (Fsp3) is 0.259. The van der Waals surface area contributed by atoms with E-state index in [1.807, 2.05) is 65.6 Å². The van der Waals surface area contributed by atoms with E-state index < -0.39 is 6.04 Å². The van der Waals surface area contributed by atoms with Gasteiger partial charge in [0, 0.05) is 23.4 Å². The van der Waals surface area contributed by atoms with Crippen molar-refractivity contribution in [1.82, 2.24) is 0 Å². The number of para-hydroxylation sites is 3. The average Bonchev–Trinajstić information content (AvgIpc) is 3.31. The highest BCUT2D eigenvalue weighted by Crippen LogP contribution is 2.44. The van der Waals surface area contributed by atoms with Crippen molar-refractivity contribution in [3.8, 4) is 0 Å². The largest absolute Gasteiger partial charge is 0.467 e. The molecule has 1 aliphatic heterocycles. The SMILES string of the molecule is CCc1ccccc1NC(=O)CN1c2ccccc2NC2=C(C(=O)CCC2)C1c1ccco1. The molecule has 0 fully saturated rings. The Labute approximate surface area is 193 Å². The highest BCUT2D eigenvalue weighted by Gasteiger charge is 2.38. The monoisotopic (exact) mass is 441 g/mol. The maximum Gasteiger partial charge on any atom is 0.243 e. The lowest BCUT2D eigenvalue weighted by molar-refractivity contribution is -0.117. The van der Waals surface area contributed by atoms with E-state index in [0.717, 1.165) is 47.6 Å². The third kappa shape index (κ3) is 4.04. The van der Waals surface area contributed by atoms with Crippen molar-refractivity contribution in [3.05, 3.63) is 89.5 Å². The van der Waals surface area contributed by atoms with Gasteiger partial charge in [-0.25, -0.2) is 0 Å². The first-order valence-electron chi connectivity index (χ1n) is 11.5. The molecule has 2 aromatic carbocycles. The van der Waals surface area contributed by atoms with Crippen molar-refractivity contribution in [2.45, 2.75) is 38.6 Å². The van der Waals surface area contributed by atoms with Crippen LogP contribution in [-0.4, -0.2) is 18.2 Å². The van der Waals surface area contributed by atoms with Gasteiger partial charge in [-0.2, -0.15) is 0 Å². The molecule has 168 valence electrons. The molecule has 1 unspecified atom stereocenters. The van der Waals surface area contributed by atoms with Crippen LogP contribution in [0.1, 0.15) is 43.6 Å². The summed E-state index contributed by atoms with van der Waals surface area (Å²) < 4.78 is 5.82. The first-order chi connectivity index (χ1) is 16.2. The number of Topliss-reactive ketones (excluding diaryl/α,β-unsaturated/α-hetero) is 1. The van der Waals surface area contributed by atoms with Crippen LogP contribution in [0.25, 0.3) is 0 Å². The summed E-state index contributed by atoms with van der Waals surface area (Å²) in [5, 5.41) is 6.58. The molecule has 33 heavy (non-hydrogen) atoms. The van der Waals surface area contributed by atoms with E-state index >= 15 is 0 Å². The summed E-state index contributed by atoms with van der Waals surface area (Å²) in [6.45, 7) is 2.14. The van der Waals surface area contributed by atoms with Gasteiger partial charge in [0.25, 0.3) is 0 Å². The smallest absolute Gasteiger partial charge is 0.243 e. The first kappa shape index (κ1) is 21.1. The molecule has 0 radical (unpaired) electrons. The normalized spacial score (nSPS) is 17.7. The second-order valence-electron chi connectivity index (χ2n) is 8.42. The fourth-order valence-corrected chi connectivity index (χ4v) is 4.81. The summed E-state index contributed by atoms with van der Waals surface area (Å²) in [6, 6.07) is 18.9. The number of anilines is 3. The van der Waals surface area contributed by atoms with Crippen LogP contribution >= 0.6 is 0 Å². The van der Waals surface area contributed by atoms with E-state index in [-0.39, 0.29) is 18.2 Å². The van der Waals surface area contributed by atoms with Crippen molar-refractivity contribution in [2.75, 3.05) is 22.1 Å². The third-order valence-corrected chi connectivity index (χ3v) is 6.34. The standard InChI is InChI=1S/C27H27N3O3/c1-2-18-9-3-4-10-19(18)29-25(32)17-30-22-13-6-5-11-20(22)28-21-12-7-14-23(31)26(21)27(30)24-15-8-16-33-24/h3-6,8-11,13,15-16,27-28H,2,7,12,14,17H2,1H3,(H,29,32). The minimum absolute atomic E-state index is 0.0756. The third-order valence-electron chi connectivity index (χ3n) is 6.34. The Hall–Kier alpha value is -3.80. The van der Waals surface area contributed by atoms with Crippen LogP contribution in [0.4, 0.5) is 17.1 Å². The number of aryl methyl sites for hydroxylation is 1. The van der Waals surface area contributed by atoms with E-state index in [9.17, 15) is 9.59 Å². The lowest BCUT2D eigenvalue weighted by Gasteiger charge is -2.33. The molecule has 0 saturated carbocycles. The van der Waals surface area contributed by atoms with E-state index in [0.29, 0.717) is 17.8 Å². The number of carbonyl (C=O) groups is 2. The Kier molecular flexibility index (Phi) is 5.73. The van der Waals surface area contributed by atoms with E-state index in [2.05, 4.69) is 17.6 Å². The van der Waals surface area contributed by atoms with Gasteiger partial charge < -0.3 is 20.0 Å². The maximum atomic E-state index is 13.3. The Morgan fingerprint density at radius 1 is 1.09 bits per heavy atom. The van der Waals surface area contributed by atoms with Crippen molar-refractivity contribution < 1.29 is 14.0 Å². The molecule has 3 aromatic rings. The predicted molar refractivity (Wildman–Crippen MR) is 129 cm³/mol. The molecule has 1 atom stereocenters. The zero-order chi connectivity index (χ0) is 22.8. The van der Waals surface area contributed by atoms with Crippen molar-refractivity contribution in [2.24, 2.45) is 0 Å². The quantitative estimate of drug-likeness (QED) is 0.550. The predicted octanol–water partition coefficient (Wildman–Crippen LogP) is 5.46. The van der Waals surface area contributed by atoms with Gasteiger partial charge in [0.1, 0.15) is 11.8 Å². The number of nitrogens with zero attached hydrogens (tertiary/aromatic N) is 1. The number of hydrogen-bond acceptors (Lipinski definition) is 5. The number of nitrogens with one attached hydrogen (secondary N) is 2. The number of rotatable bonds is 5. The van der Waals surface area contributed by atoms with E-state index in [4.69, 9.17) is 4.42 Å². The van der Waals surface area contributed by atoms with Crippen LogP contribution in [0.15, 0.2) is 82.6 Å². The maximum absolute atomic E-state index is 13.3. The minimum atomic E-state index is -0.480. The molecule has 6 nitrogen and oxygen atoms in total. The topological polar surface area (TPSA) is 74.6 Å². The molecule has 1 aliphatic carbocycles. The van der Waals surface area contributed by atoms with Gasteiger partial charge in [0.05, 0.1) is 24.2 Å². The van der Waals surface area contributed by atoms with Crippen LogP contribution in [0.3, 0.4) is 0 Å². The molecule has 0 spiro atoms. The zero-order valence-electron chi connectivity index (χ0n) is 18.6. The van der Waals surface area contributed by atoms with Crippen LogP contribution in [0.5, 0.6) is 0 Å². The number of carbonyl (C=O) groups excluding carboxylic acids is 2. The van der Waals surface area contributed by atoms with Gasteiger partial charge in [0.2, 0.25) is 5.91 Å².